The molecule has 0 atom stereocenters. The first kappa shape index (κ1) is 9.36. The quantitative estimate of drug-likeness (QED) is 0.516. The van der Waals surface area contributed by atoms with Crippen molar-refractivity contribution in [1.82, 2.24) is 0 Å². The Balaban J connectivity index is 2.89. The summed E-state index contributed by atoms with van der Waals surface area (Å²) in [4.78, 5) is 11.3. The number of nitrogen functional groups attached to an aromatic ring is 1. The molecule has 0 amide bonds. The zero-order chi connectivity index (χ0) is 10.3. The highest BCUT2D eigenvalue weighted by Gasteiger charge is 2.15. The monoisotopic (exact) mass is 225 g/mol. The summed E-state index contributed by atoms with van der Waals surface area (Å²) in [5.41, 5.74) is 6.12. The van der Waals surface area contributed by atoms with Gasteiger partial charge in [-0.15, -0.1) is 24.0 Å². The molecule has 0 aliphatic carbocycles. The molecule has 1 heterocycles. The number of carbonyl (C=O) groups is 1. The Morgan fingerprint density at radius 2 is 2.29 bits per heavy atom. The van der Waals surface area contributed by atoms with Gasteiger partial charge in [-0.25, -0.2) is 4.79 Å². The molecule has 0 fully saturated rings. The molecule has 1 aromatic carbocycles. The number of carboxylic acid groups (broad SMARTS) is 1. The van der Waals surface area contributed by atoms with Gasteiger partial charge in [0.25, 0.3) is 0 Å². The normalized spacial score (nSPS) is 10.6. The summed E-state index contributed by atoms with van der Waals surface area (Å²) >= 11 is 5.62. The van der Waals surface area contributed by atoms with Crippen LogP contribution in [0.15, 0.2) is 22.4 Å². The number of carboxylic acids is 1. The Labute approximate surface area is 89.6 Å². The number of hydrogen-bond acceptors (Lipinski definition) is 4. The predicted molar refractivity (Wildman–Crippen MR) is 60.4 cm³/mol. The lowest BCUT2D eigenvalue weighted by atomic mass is 10.1. The summed E-state index contributed by atoms with van der Waals surface area (Å²) in [5.74, 6) is -1.04. The summed E-state index contributed by atoms with van der Waals surface area (Å²) < 4.78 is 0.956. The Kier molecular flexibility index (Phi) is 2.13. The fourth-order valence-electron chi connectivity index (χ4n) is 1.35. The molecule has 2 aromatic rings. The van der Waals surface area contributed by atoms with Crippen molar-refractivity contribution in [2.24, 2.45) is 0 Å². The number of aromatic carboxylic acids is 1. The highest BCUT2D eigenvalue weighted by Crippen LogP contribution is 2.33. The number of benzene rings is 1. The minimum Gasteiger partial charge on any atom is -0.478 e. The topological polar surface area (TPSA) is 63.3 Å². The van der Waals surface area contributed by atoms with Crippen LogP contribution in [0.5, 0.6) is 0 Å². The summed E-state index contributed by atoms with van der Waals surface area (Å²) in [6.07, 6.45) is 0. The Hall–Kier alpha value is -1.20. The lowest BCUT2D eigenvalue weighted by molar-refractivity contribution is 0.0694. The fraction of sp³-hybridized carbons (Fsp3) is 0. The van der Waals surface area contributed by atoms with Crippen molar-refractivity contribution in [2.75, 3.05) is 5.73 Å². The van der Waals surface area contributed by atoms with Gasteiger partial charge in [-0.05, 0) is 17.5 Å². The van der Waals surface area contributed by atoms with Crippen LogP contribution in [0.2, 0.25) is 0 Å². The molecule has 0 aliphatic heterocycles. The second-order valence-corrected chi connectivity index (χ2v) is 4.25. The lowest BCUT2D eigenvalue weighted by Gasteiger charge is -2.05. The number of nitrogens with two attached hydrogens (primary N) is 1. The van der Waals surface area contributed by atoms with Crippen LogP contribution >= 0.6 is 24.0 Å². The molecule has 14 heavy (non-hydrogen) atoms. The van der Waals surface area contributed by atoms with E-state index < -0.39 is 5.97 Å². The Bertz CT molecular complexity index is 519. The molecule has 2 rings (SSSR count). The molecule has 1 aromatic heterocycles. The number of thiophene rings is 1. The maximum atomic E-state index is 10.9. The molecule has 5 heteroatoms. The SMILES string of the molecule is Nc1c(C(=O)O)c(S)cc2sccc12. The number of thiol groups is 1. The van der Waals surface area contributed by atoms with E-state index in [0.29, 0.717) is 10.6 Å². The maximum absolute atomic E-state index is 10.9. The van der Waals surface area contributed by atoms with Crippen LogP contribution in [0.3, 0.4) is 0 Å². The van der Waals surface area contributed by atoms with E-state index in [-0.39, 0.29) is 5.56 Å². The molecule has 0 unspecified atom stereocenters. The number of rotatable bonds is 1. The first-order chi connectivity index (χ1) is 6.61. The number of anilines is 1. The van der Waals surface area contributed by atoms with Crippen LogP contribution in [-0.4, -0.2) is 11.1 Å². The highest BCUT2D eigenvalue weighted by molar-refractivity contribution is 7.80. The van der Waals surface area contributed by atoms with Crippen LogP contribution in [0.1, 0.15) is 10.4 Å². The standard InChI is InChI=1S/C9H7NO2S2/c10-8-4-1-2-14-6(4)3-5(13)7(8)9(11)12/h1-3,13H,10H2,(H,11,12). The minimum absolute atomic E-state index is 0.0826. The van der Waals surface area contributed by atoms with Gasteiger partial charge in [0.1, 0.15) is 0 Å². The molecule has 0 saturated heterocycles. The molecule has 0 radical (unpaired) electrons. The number of fused-ring (bicyclic) bond motifs is 1. The van der Waals surface area contributed by atoms with Gasteiger partial charge in [0.05, 0.1) is 11.3 Å². The van der Waals surface area contributed by atoms with Gasteiger partial charge in [-0.2, -0.15) is 0 Å². The van der Waals surface area contributed by atoms with Crippen molar-refractivity contribution in [2.45, 2.75) is 4.90 Å². The Morgan fingerprint density at radius 3 is 2.93 bits per heavy atom. The van der Waals surface area contributed by atoms with Gasteiger partial charge >= 0.3 is 5.97 Å². The summed E-state index contributed by atoms with van der Waals surface area (Å²) in [5, 5.41) is 11.6. The van der Waals surface area contributed by atoms with Crippen molar-refractivity contribution in [1.29, 1.82) is 0 Å². The van der Waals surface area contributed by atoms with E-state index in [4.69, 9.17) is 10.8 Å². The largest absolute Gasteiger partial charge is 0.478 e. The molecule has 0 bridgehead atoms. The van der Waals surface area contributed by atoms with Crippen molar-refractivity contribution < 1.29 is 9.90 Å². The van der Waals surface area contributed by atoms with Gasteiger partial charge in [-0.1, -0.05) is 0 Å². The smallest absolute Gasteiger partial charge is 0.338 e. The molecule has 3 nitrogen and oxygen atoms in total. The van der Waals surface area contributed by atoms with Crippen LogP contribution in [0, 0.1) is 0 Å². The third kappa shape index (κ3) is 1.25. The van der Waals surface area contributed by atoms with Crippen molar-refractivity contribution in [3.8, 4) is 0 Å². The average molecular weight is 225 g/mol. The summed E-state index contributed by atoms with van der Waals surface area (Å²) in [6, 6.07) is 3.54. The summed E-state index contributed by atoms with van der Waals surface area (Å²) in [6.45, 7) is 0. The van der Waals surface area contributed by atoms with Gasteiger partial charge in [0.2, 0.25) is 0 Å². The van der Waals surface area contributed by atoms with E-state index in [9.17, 15) is 4.79 Å². The van der Waals surface area contributed by atoms with Crippen molar-refractivity contribution in [3.63, 3.8) is 0 Å². The van der Waals surface area contributed by atoms with Crippen LogP contribution in [0.4, 0.5) is 5.69 Å². The van der Waals surface area contributed by atoms with E-state index >= 15 is 0 Å². The zero-order valence-electron chi connectivity index (χ0n) is 7.02. The minimum atomic E-state index is -1.04. The second-order valence-electron chi connectivity index (χ2n) is 2.82. The third-order valence-electron chi connectivity index (χ3n) is 1.99. The maximum Gasteiger partial charge on any atom is 0.338 e. The average Bonchev–Trinajstić information content (AvgIpc) is 2.50. The van der Waals surface area contributed by atoms with E-state index in [1.807, 2.05) is 11.4 Å². The molecule has 72 valence electrons. The third-order valence-corrected chi connectivity index (χ3v) is 3.21. The van der Waals surface area contributed by atoms with Crippen molar-refractivity contribution in [3.05, 3.63) is 23.1 Å². The van der Waals surface area contributed by atoms with Crippen LogP contribution < -0.4 is 5.73 Å². The molecule has 0 aliphatic rings. The second kappa shape index (κ2) is 3.18. The van der Waals surface area contributed by atoms with Gasteiger partial charge in [0.15, 0.2) is 0 Å². The Morgan fingerprint density at radius 1 is 1.57 bits per heavy atom. The van der Waals surface area contributed by atoms with E-state index in [0.717, 1.165) is 10.1 Å². The summed E-state index contributed by atoms with van der Waals surface area (Å²) in [7, 11) is 0. The first-order valence-corrected chi connectivity index (χ1v) is 5.16. The molecule has 0 saturated carbocycles. The van der Waals surface area contributed by atoms with Gasteiger partial charge in [0, 0.05) is 15.0 Å². The zero-order valence-corrected chi connectivity index (χ0v) is 8.73. The van der Waals surface area contributed by atoms with E-state index in [2.05, 4.69) is 12.6 Å². The number of hydrogen-bond donors (Lipinski definition) is 3. The van der Waals surface area contributed by atoms with Gasteiger partial charge in [-0.3, -0.25) is 0 Å². The lowest BCUT2D eigenvalue weighted by Crippen LogP contribution is -2.03. The highest BCUT2D eigenvalue weighted by atomic mass is 32.1. The van der Waals surface area contributed by atoms with Gasteiger partial charge < -0.3 is 10.8 Å². The van der Waals surface area contributed by atoms with Crippen LogP contribution in [0.25, 0.3) is 10.1 Å². The van der Waals surface area contributed by atoms with E-state index in [1.54, 1.807) is 6.07 Å². The predicted octanol–water partition coefficient (Wildman–Crippen LogP) is 2.47. The van der Waals surface area contributed by atoms with Crippen LogP contribution in [-0.2, 0) is 0 Å². The fourth-order valence-corrected chi connectivity index (χ4v) is 2.62. The van der Waals surface area contributed by atoms with Crippen molar-refractivity contribution >= 4 is 45.7 Å². The van der Waals surface area contributed by atoms with E-state index in [1.165, 1.54) is 11.3 Å². The molecule has 3 N–H and O–H groups in total. The molecule has 0 spiro atoms. The molecular formula is C9H7NO2S2. The first-order valence-electron chi connectivity index (χ1n) is 3.83. The molecular weight excluding hydrogens is 218 g/mol.